The second-order valence-electron chi connectivity index (χ2n) is 6.11. The minimum absolute atomic E-state index is 0.131. The summed E-state index contributed by atoms with van der Waals surface area (Å²) in [6, 6.07) is 15.2. The lowest BCUT2D eigenvalue weighted by Crippen LogP contribution is -2.42. The third-order valence-electron chi connectivity index (χ3n) is 4.45. The molecule has 0 spiro atoms. The minimum Gasteiger partial charge on any atom is -0.445 e. The first kappa shape index (κ1) is 17.0. The molecule has 4 nitrogen and oxygen atoms in total. The van der Waals surface area contributed by atoms with Gasteiger partial charge in [0.1, 0.15) is 12.4 Å². The number of hydrogen-bond donors (Lipinski definition) is 0. The maximum atomic E-state index is 13.2. The molecule has 3 rings (SSSR count). The highest BCUT2D eigenvalue weighted by molar-refractivity contribution is 5.68. The predicted octanol–water partition coefficient (Wildman–Crippen LogP) is 4.59. The lowest BCUT2D eigenvalue weighted by atomic mass is 9.92. The van der Waals surface area contributed by atoms with Crippen LogP contribution in [-0.4, -0.2) is 23.6 Å². The molecule has 25 heavy (non-hydrogen) atoms. The highest BCUT2D eigenvalue weighted by Gasteiger charge is 2.36. The van der Waals surface area contributed by atoms with Crippen LogP contribution in [0.1, 0.15) is 30.0 Å². The van der Waals surface area contributed by atoms with Gasteiger partial charge in [-0.15, -0.1) is 0 Å². The number of amides is 1. The normalized spacial score (nSPS) is 19.9. The molecule has 0 aliphatic carbocycles. The Labute approximate surface area is 146 Å². The number of carbonyl (C=O) groups excluding carboxylic acids is 1. The van der Waals surface area contributed by atoms with Gasteiger partial charge in [0.2, 0.25) is 6.04 Å². The topological polar surface area (TPSA) is 33.9 Å². The molecule has 2 atom stereocenters. The van der Waals surface area contributed by atoms with E-state index in [0.717, 1.165) is 11.1 Å². The van der Waals surface area contributed by atoms with Crippen LogP contribution in [0.15, 0.2) is 54.6 Å². The summed E-state index contributed by atoms with van der Waals surface area (Å²) < 4.78 is 18.7. The number of benzene rings is 2. The Kier molecular flexibility index (Phi) is 5.30. The zero-order valence-corrected chi connectivity index (χ0v) is 13.8. The molecule has 1 aliphatic rings. The summed E-state index contributed by atoms with van der Waals surface area (Å²) in [5.41, 5.74) is 1.75. The lowest BCUT2D eigenvalue weighted by molar-refractivity contribution is 0.0668. The number of rotatable bonds is 3. The Balaban J connectivity index is 1.73. The van der Waals surface area contributed by atoms with Crippen LogP contribution in [0.25, 0.3) is 4.85 Å². The van der Waals surface area contributed by atoms with Gasteiger partial charge in [-0.1, -0.05) is 42.5 Å². The second kappa shape index (κ2) is 7.80. The quantitative estimate of drug-likeness (QED) is 0.767. The lowest BCUT2D eigenvalue weighted by Gasteiger charge is -2.35. The molecular formula is C20H19FN2O2. The maximum absolute atomic E-state index is 13.2. The van der Waals surface area contributed by atoms with E-state index in [1.54, 1.807) is 17.0 Å². The van der Waals surface area contributed by atoms with Crippen LogP contribution in [0, 0.1) is 12.4 Å². The van der Waals surface area contributed by atoms with E-state index in [0.29, 0.717) is 19.4 Å². The number of hydrogen-bond acceptors (Lipinski definition) is 2. The van der Waals surface area contributed by atoms with Crippen molar-refractivity contribution in [1.29, 1.82) is 0 Å². The molecule has 1 fully saturated rings. The van der Waals surface area contributed by atoms with Crippen LogP contribution in [-0.2, 0) is 11.3 Å². The molecule has 2 aromatic rings. The second-order valence-corrected chi connectivity index (χ2v) is 6.11. The predicted molar refractivity (Wildman–Crippen MR) is 92.1 cm³/mol. The van der Waals surface area contributed by atoms with Gasteiger partial charge < -0.3 is 14.5 Å². The summed E-state index contributed by atoms with van der Waals surface area (Å²) >= 11 is 0. The fraction of sp³-hybridized carbons (Fsp3) is 0.300. The SMILES string of the molecule is [C-]#[N+][C@H]1CCN(C(=O)OCc2ccccc2)[C@H](c2ccc(F)cc2)C1. The van der Waals surface area contributed by atoms with E-state index in [2.05, 4.69) is 4.85 Å². The maximum Gasteiger partial charge on any atom is 0.410 e. The van der Waals surface area contributed by atoms with Gasteiger partial charge in [-0.3, -0.25) is 0 Å². The van der Waals surface area contributed by atoms with Crippen molar-refractivity contribution in [2.24, 2.45) is 0 Å². The highest BCUT2D eigenvalue weighted by Crippen LogP contribution is 2.33. The summed E-state index contributed by atoms with van der Waals surface area (Å²) in [6.07, 6.45) is 0.763. The fourth-order valence-corrected chi connectivity index (χ4v) is 3.09. The molecule has 0 radical (unpaired) electrons. The molecule has 1 saturated heterocycles. The van der Waals surface area contributed by atoms with Crippen molar-refractivity contribution in [1.82, 2.24) is 4.90 Å². The molecule has 0 N–H and O–H groups in total. The highest BCUT2D eigenvalue weighted by atomic mass is 19.1. The van der Waals surface area contributed by atoms with Crippen molar-refractivity contribution < 1.29 is 13.9 Å². The molecule has 128 valence electrons. The fourth-order valence-electron chi connectivity index (χ4n) is 3.09. The third-order valence-corrected chi connectivity index (χ3v) is 4.45. The molecule has 1 heterocycles. The van der Waals surface area contributed by atoms with Crippen molar-refractivity contribution in [3.63, 3.8) is 0 Å². The molecule has 0 aromatic heterocycles. The number of likely N-dealkylation sites (tertiary alicyclic amines) is 1. The van der Waals surface area contributed by atoms with Crippen molar-refractivity contribution in [2.75, 3.05) is 6.54 Å². The number of piperidine rings is 1. The van der Waals surface area contributed by atoms with E-state index in [9.17, 15) is 9.18 Å². The Morgan fingerprint density at radius 2 is 1.92 bits per heavy atom. The Morgan fingerprint density at radius 3 is 2.60 bits per heavy atom. The third kappa shape index (κ3) is 4.16. The van der Waals surface area contributed by atoms with E-state index in [1.165, 1.54) is 12.1 Å². The Bertz CT molecular complexity index is 756. The molecular weight excluding hydrogens is 319 g/mol. The summed E-state index contributed by atoms with van der Waals surface area (Å²) in [4.78, 5) is 17.8. The van der Waals surface area contributed by atoms with Crippen molar-refractivity contribution in [2.45, 2.75) is 31.5 Å². The van der Waals surface area contributed by atoms with Crippen molar-refractivity contribution in [3.05, 3.63) is 83.0 Å². The largest absolute Gasteiger partial charge is 0.445 e. The zero-order chi connectivity index (χ0) is 17.6. The molecule has 2 aromatic carbocycles. The number of nitrogens with zero attached hydrogens (tertiary/aromatic N) is 2. The van der Waals surface area contributed by atoms with Gasteiger partial charge in [-0.25, -0.2) is 15.8 Å². The first-order valence-corrected chi connectivity index (χ1v) is 8.26. The van der Waals surface area contributed by atoms with Crippen LogP contribution < -0.4 is 0 Å². The summed E-state index contributed by atoms with van der Waals surface area (Å²) in [5.74, 6) is -0.320. The van der Waals surface area contributed by atoms with E-state index in [4.69, 9.17) is 11.3 Å². The van der Waals surface area contributed by atoms with E-state index >= 15 is 0 Å². The van der Waals surface area contributed by atoms with Gasteiger partial charge in [0.05, 0.1) is 6.04 Å². The van der Waals surface area contributed by atoms with Crippen LogP contribution in [0.5, 0.6) is 0 Å². The molecule has 1 aliphatic heterocycles. The summed E-state index contributed by atoms with van der Waals surface area (Å²) in [6.45, 7) is 7.95. The monoisotopic (exact) mass is 338 g/mol. The van der Waals surface area contributed by atoms with Gasteiger partial charge >= 0.3 is 6.09 Å². The number of carbonyl (C=O) groups is 1. The summed E-state index contributed by atoms with van der Waals surface area (Å²) in [7, 11) is 0. The molecule has 0 unspecified atom stereocenters. The van der Waals surface area contributed by atoms with Crippen LogP contribution in [0.4, 0.5) is 9.18 Å². The minimum atomic E-state index is -0.401. The Hall–Kier alpha value is -2.87. The average Bonchev–Trinajstić information content (AvgIpc) is 2.67. The van der Waals surface area contributed by atoms with Crippen molar-refractivity contribution in [3.8, 4) is 0 Å². The van der Waals surface area contributed by atoms with E-state index in [1.807, 2.05) is 30.3 Å². The molecule has 0 saturated carbocycles. The van der Waals surface area contributed by atoms with E-state index in [-0.39, 0.29) is 24.5 Å². The molecule has 5 heteroatoms. The van der Waals surface area contributed by atoms with Crippen LogP contribution in [0.2, 0.25) is 0 Å². The van der Waals surface area contributed by atoms with Crippen LogP contribution >= 0.6 is 0 Å². The van der Waals surface area contributed by atoms with Gasteiger partial charge in [-0.05, 0) is 23.3 Å². The average molecular weight is 338 g/mol. The van der Waals surface area contributed by atoms with Crippen LogP contribution in [0.3, 0.4) is 0 Å². The first-order valence-electron chi connectivity index (χ1n) is 8.26. The van der Waals surface area contributed by atoms with Gasteiger partial charge in [0.15, 0.2) is 0 Å². The van der Waals surface area contributed by atoms with E-state index < -0.39 is 6.09 Å². The molecule has 1 amide bonds. The number of halogens is 1. The van der Waals surface area contributed by atoms with Gasteiger partial charge in [0.25, 0.3) is 0 Å². The summed E-state index contributed by atoms with van der Waals surface area (Å²) in [5, 5.41) is 0. The zero-order valence-electron chi connectivity index (χ0n) is 13.8. The Morgan fingerprint density at radius 1 is 1.20 bits per heavy atom. The molecule has 0 bridgehead atoms. The van der Waals surface area contributed by atoms with Gasteiger partial charge in [0, 0.05) is 19.4 Å². The smallest absolute Gasteiger partial charge is 0.410 e. The van der Waals surface area contributed by atoms with Gasteiger partial charge in [-0.2, -0.15) is 0 Å². The first-order chi connectivity index (χ1) is 12.2. The number of ether oxygens (including phenoxy) is 1. The van der Waals surface area contributed by atoms with Crippen molar-refractivity contribution >= 4 is 6.09 Å². The standard InChI is InChI=1S/C20H19FN2O2/c1-22-18-11-12-23(19(13-18)16-7-9-17(21)10-8-16)20(24)25-14-15-5-3-2-4-6-15/h2-10,18-19H,11-14H2/t18-,19-/m0/s1.